The van der Waals surface area contributed by atoms with Gasteiger partial charge in [0, 0.05) is 29.1 Å². The Balaban J connectivity index is 1.80. The summed E-state index contributed by atoms with van der Waals surface area (Å²) in [5.74, 6) is -0.0812. The van der Waals surface area contributed by atoms with Crippen LogP contribution in [-0.2, 0) is 0 Å². The summed E-state index contributed by atoms with van der Waals surface area (Å²) in [6.07, 6.45) is 4.39. The average molecular weight is 324 g/mol. The van der Waals surface area contributed by atoms with E-state index in [4.69, 9.17) is 10.5 Å². The van der Waals surface area contributed by atoms with Crippen molar-refractivity contribution < 1.29 is 13.9 Å². The number of benzene rings is 2. The van der Waals surface area contributed by atoms with Crippen LogP contribution in [0.3, 0.4) is 0 Å². The fraction of sp³-hybridized carbons (Fsp3) is 0. The van der Waals surface area contributed by atoms with Crippen molar-refractivity contribution in [2.24, 2.45) is 0 Å². The highest BCUT2D eigenvalue weighted by Gasteiger charge is 2.09. The van der Waals surface area contributed by atoms with E-state index in [0.29, 0.717) is 22.9 Å². The number of ether oxygens (including phenoxy) is 1. The largest absolute Gasteiger partial charge is 0.454 e. The molecular weight excluding hydrogens is 311 g/mol. The third-order valence-corrected chi connectivity index (χ3v) is 3.05. The number of nitrogens with two attached hydrogens (primary N) is 1. The van der Waals surface area contributed by atoms with Gasteiger partial charge < -0.3 is 15.8 Å². The maximum absolute atomic E-state index is 13.2. The van der Waals surface area contributed by atoms with Gasteiger partial charge in [-0.05, 0) is 24.3 Å². The quantitative estimate of drug-likeness (QED) is 0.719. The zero-order valence-electron chi connectivity index (χ0n) is 12.4. The number of hydrogen-bond acceptors (Lipinski definition) is 5. The van der Waals surface area contributed by atoms with Gasteiger partial charge in [-0.1, -0.05) is 6.07 Å². The monoisotopic (exact) mass is 324 g/mol. The second kappa shape index (κ2) is 6.74. The molecule has 0 aliphatic rings. The summed E-state index contributed by atoms with van der Waals surface area (Å²) >= 11 is 0. The molecule has 0 saturated heterocycles. The normalized spacial score (nSPS) is 10.2. The first-order valence-corrected chi connectivity index (χ1v) is 7.00. The molecule has 120 valence electrons. The van der Waals surface area contributed by atoms with E-state index in [0.717, 1.165) is 6.07 Å². The highest BCUT2D eigenvalue weighted by molar-refractivity contribution is 6.04. The maximum Gasteiger partial charge on any atom is 0.255 e. The molecular formula is C17H13FN4O2. The first-order chi connectivity index (χ1) is 11.6. The van der Waals surface area contributed by atoms with Crippen molar-refractivity contribution in [2.45, 2.75) is 0 Å². The number of rotatable bonds is 4. The Morgan fingerprint density at radius 3 is 2.62 bits per heavy atom. The Bertz CT molecular complexity index is 871. The molecule has 0 fully saturated rings. The maximum atomic E-state index is 13.2. The summed E-state index contributed by atoms with van der Waals surface area (Å²) in [4.78, 5) is 19.9. The highest BCUT2D eigenvalue weighted by atomic mass is 19.1. The molecule has 3 aromatic rings. The first kappa shape index (κ1) is 15.4. The van der Waals surface area contributed by atoms with Crippen LogP contribution in [0.5, 0.6) is 11.5 Å². The molecule has 0 saturated carbocycles. The Morgan fingerprint density at radius 2 is 1.88 bits per heavy atom. The van der Waals surface area contributed by atoms with Crippen molar-refractivity contribution in [3.05, 3.63) is 72.6 Å². The lowest BCUT2D eigenvalue weighted by molar-refractivity contribution is 0.102. The lowest BCUT2D eigenvalue weighted by atomic mass is 10.2. The summed E-state index contributed by atoms with van der Waals surface area (Å²) in [7, 11) is 0. The van der Waals surface area contributed by atoms with Crippen LogP contribution in [-0.4, -0.2) is 15.9 Å². The number of hydrogen-bond donors (Lipinski definition) is 2. The topological polar surface area (TPSA) is 90.1 Å². The molecule has 1 aromatic heterocycles. The van der Waals surface area contributed by atoms with Crippen LogP contribution in [0.15, 0.2) is 61.2 Å². The van der Waals surface area contributed by atoms with Crippen molar-refractivity contribution in [1.82, 2.24) is 9.97 Å². The second-order valence-electron chi connectivity index (χ2n) is 4.93. The minimum atomic E-state index is -0.483. The van der Waals surface area contributed by atoms with Gasteiger partial charge in [0.05, 0.1) is 12.4 Å². The molecule has 0 bridgehead atoms. The molecule has 3 N–H and O–H groups in total. The van der Waals surface area contributed by atoms with Crippen LogP contribution < -0.4 is 15.8 Å². The van der Waals surface area contributed by atoms with Gasteiger partial charge >= 0.3 is 0 Å². The molecule has 2 aromatic carbocycles. The molecule has 3 rings (SSSR count). The van der Waals surface area contributed by atoms with Gasteiger partial charge in [-0.15, -0.1) is 0 Å². The van der Waals surface area contributed by atoms with Gasteiger partial charge in [-0.25, -0.2) is 14.4 Å². The Morgan fingerprint density at radius 1 is 1.08 bits per heavy atom. The van der Waals surface area contributed by atoms with Crippen LogP contribution in [0.4, 0.5) is 15.8 Å². The SMILES string of the molecule is Nc1cc(NC(=O)c2cccc(F)c2)cc(Oc2cncnc2)c1. The van der Waals surface area contributed by atoms with Gasteiger partial charge in [0.15, 0.2) is 5.75 Å². The van der Waals surface area contributed by atoms with Crippen LogP contribution in [0.25, 0.3) is 0 Å². The lowest BCUT2D eigenvalue weighted by Crippen LogP contribution is -2.12. The molecule has 0 radical (unpaired) electrons. The van der Waals surface area contributed by atoms with Crippen LogP contribution in [0, 0.1) is 5.82 Å². The van der Waals surface area contributed by atoms with E-state index in [9.17, 15) is 9.18 Å². The van der Waals surface area contributed by atoms with E-state index in [1.807, 2.05) is 0 Å². The Hall–Kier alpha value is -3.48. The summed E-state index contributed by atoms with van der Waals surface area (Å²) in [6, 6.07) is 10.2. The summed E-state index contributed by atoms with van der Waals surface area (Å²) < 4.78 is 18.8. The second-order valence-corrected chi connectivity index (χ2v) is 4.93. The number of carbonyl (C=O) groups excluding carboxylic acids is 1. The van der Waals surface area contributed by atoms with Crippen LogP contribution in [0.1, 0.15) is 10.4 Å². The van der Waals surface area contributed by atoms with Gasteiger partial charge in [0.2, 0.25) is 0 Å². The Kier molecular flexibility index (Phi) is 4.33. The number of nitrogen functional groups attached to an aromatic ring is 1. The van der Waals surface area contributed by atoms with Crippen molar-refractivity contribution in [2.75, 3.05) is 11.1 Å². The number of carbonyl (C=O) groups is 1. The number of anilines is 2. The van der Waals surface area contributed by atoms with Crippen molar-refractivity contribution in [1.29, 1.82) is 0 Å². The predicted molar refractivity (Wildman–Crippen MR) is 87.3 cm³/mol. The molecule has 6 nitrogen and oxygen atoms in total. The minimum absolute atomic E-state index is 0.205. The lowest BCUT2D eigenvalue weighted by Gasteiger charge is -2.10. The van der Waals surface area contributed by atoms with E-state index in [1.165, 1.54) is 36.9 Å². The summed E-state index contributed by atoms with van der Waals surface area (Å²) in [5.41, 5.74) is 6.86. The number of amides is 1. The molecule has 0 spiro atoms. The van der Waals surface area contributed by atoms with E-state index in [-0.39, 0.29) is 5.56 Å². The van der Waals surface area contributed by atoms with Gasteiger partial charge in [-0.3, -0.25) is 4.79 Å². The smallest absolute Gasteiger partial charge is 0.255 e. The Labute approximate surface area is 137 Å². The first-order valence-electron chi connectivity index (χ1n) is 7.00. The standard InChI is InChI=1S/C17H13FN4O2/c18-12-3-1-2-11(4-12)17(23)22-14-5-13(19)6-15(7-14)24-16-8-20-10-21-9-16/h1-10H,19H2,(H,22,23). The predicted octanol–water partition coefficient (Wildman–Crippen LogP) is 3.24. The van der Waals surface area contributed by atoms with Crippen molar-refractivity contribution in [3.8, 4) is 11.5 Å². The van der Waals surface area contributed by atoms with Gasteiger partial charge in [0.25, 0.3) is 5.91 Å². The molecule has 0 atom stereocenters. The molecule has 24 heavy (non-hydrogen) atoms. The van der Waals surface area contributed by atoms with Crippen LogP contribution >= 0.6 is 0 Å². The number of aromatic nitrogens is 2. The average Bonchev–Trinajstić information content (AvgIpc) is 2.55. The molecule has 0 aliphatic carbocycles. The van der Waals surface area contributed by atoms with E-state index >= 15 is 0 Å². The van der Waals surface area contributed by atoms with E-state index in [2.05, 4.69) is 15.3 Å². The summed E-state index contributed by atoms with van der Waals surface area (Å²) in [6.45, 7) is 0. The number of halogens is 1. The van der Waals surface area contributed by atoms with Crippen molar-refractivity contribution >= 4 is 17.3 Å². The zero-order chi connectivity index (χ0) is 16.9. The van der Waals surface area contributed by atoms with Gasteiger partial charge in [-0.2, -0.15) is 0 Å². The van der Waals surface area contributed by atoms with Gasteiger partial charge in [0.1, 0.15) is 17.9 Å². The van der Waals surface area contributed by atoms with Crippen LogP contribution in [0.2, 0.25) is 0 Å². The third kappa shape index (κ3) is 3.83. The fourth-order valence-corrected chi connectivity index (χ4v) is 2.06. The molecule has 0 aliphatic heterocycles. The fourth-order valence-electron chi connectivity index (χ4n) is 2.06. The number of nitrogens with one attached hydrogen (secondary N) is 1. The summed E-state index contributed by atoms with van der Waals surface area (Å²) in [5, 5.41) is 2.66. The molecule has 1 amide bonds. The third-order valence-electron chi connectivity index (χ3n) is 3.05. The van der Waals surface area contributed by atoms with E-state index in [1.54, 1.807) is 18.2 Å². The van der Waals surface area contributed by atoms with Crippen molar-refractivity contribution in [3.63, 3.8) is 0 Å². The molecule has 7 heteroatoms. The van der Waals surface area contributed by atoms with E-state index < -0.39 is 11.7 Å². The number of nitrogens with zero attached hydrogens (tertiary/aromatic N) is 2. The zero-order valence-corrected chi connectivity index (χ0v) is 12.4. The molecule has 0 unspecified atom stereocenters. The highest BCUT2D eigenvalue weighted by Crippen LogP contribution is 2.27. The molecule has 1 heterocycles. The minimum Gasteiger partial charge on any atom is -0.454 e.